The molecule has 2 heterocycles. The molecule has 8 heteroatoms. The molecule has 1 saturated heterocycles. The largest absolute Gasteiger partial charge is 0.418 e. The van der Waals surface area contributed by atoms with Gasteiger partial charge in [0.15, 0.2) is 0 Å². The summed E-state index contributed by atoms with van der Waals surface area (Å²) in [6.45, 7) is 2.54. The number of carbonyl (C=O) groups excluding carboxylic acids is 1. The maximum atomic E-state index is 13.7. The van der Waals surface area contributed by atoms with Gasteiger partial charge in [0.1, 0.15) is 0 Å². The van der Waals surface area contributed by atoms with Crippen LogP contribution in [0.25, 0.3) is 5.57 Å². The molecular weight excluding hydrogens is 381 g/mol. The molecule has 0 radical (unpaired) electrons. The zero-order valence-electron chi connectivity index (χ0n) is 15.9. The number of nitrogens with zero attached hydrogens (tertiary/aromatic N) is 2. The standard InChI is InChI=1S/C21H21F3N4O/c1-27-8-10-28(11-9-27)19-7-6-14(12-17(19)21(22,23)24)25-13-16-15-4-2-3-5-18(15)26-20(16)29/h2-7,12-13,25H,8-11H2,1H3,(H,26,29). The number of halogens is 3. The number of rotatable bonds is 3. The van der Waals surface area contributed by atoms with Gasteiger partial charge < -0.3 is 20.4 Å². The average molecular weight is 402 g/mol. The van der Waals surface area contributed by atoms with Crippen molar-refractivity contribution in [1.29, 1.82) is 0 Å². The normalized spacial score (nSPS) is 18.7. The van der Waals surface area contributed by atoms with Crippen molar-refractivity contribution in [1.82, 2.24) is 4.90 Å². The lowest BCUT2D eigenvalue weighted by Crippen LogP contribution is -2.45. The average Bonchev–Trinajstić information content (AvgIpc) is 3.01. The van der Waals surface area contributed by atoms with E-state index < -0.39 is 11.7 Å². The molecule has 2 N–H and O–H groups in total. The molecule has 0 spiro atoms. The maximum absolute atomic E-state index is 13.7. The highest BCUT2D eigenvalue weighted by Gasteiger charge is 2.35. The Hall–Kier alpha value is -3.00. The monoisotopic (exact) mass is 402 g/mol. The lowest BCUT2D eigenvalue weighted by molar-refractivity contribution is -0.137. The van der Waals surface area contributed by atoms with E-state index >= 15 is 0 Å². The molecular formula is C21H21F3N4O. The van der Waals surface area contributed by atoms with Crippen molar-refractivity contribution in [2.24, 2.45) is 0 Å². The first-order valence-corrected chi connectivity index (χ1v) is 9.35. The lowest BCUT2D eigenvalue weighted by atomic mass is 10.1. The molecule has 2 aliphatic rings. The van der Waals surface area contributed by atoms with Crippen LogP contribution < -0.4 is 15.5 Å². The van der Waals surface area contributed by atoms with Crippen molar-refractivity contribution in [2.45, 2.75) is 6.18 Å². The Morgan fingerprint density at radius 1 is 1.07 bits per heavy atom. The number of alkyl halides is 3. The minimum Gasteiger partial charge on any atom is -0.368 e. The van der Waals surface area contributed by atoms with Gasteiger partial charge in [-0.2, -0.15) is 13.2 Å². The number of piperazine rings is 1. The van der Waals surface area contributed by atoms with E-state index in [0.717, 1.165) is 24.7 Å². The van der Waals surface area contributed by atoms with Crippen LogP contribution in [0.3, 0.4) is 0 Å². The molecule has 0 atom stereocenters. The predicted octanol–water partition coefficient (Wildman–Crippen LogP) is 3.86. The van der Waals surface area contributed by atoms with Crippen LogP contribution in [-0.2, 0) is 11.0 Å². The summed E-state index contributed by atoms with van der Waals surface area (Å²) in [5, 5.41) is 5.60. The van der Waals surface area contributed by atoms with Gasteiger partial charge in [0.2, 0.25) is 0 Å². The minimum atomic E-state index is -4.47. The van der Waals surface area contributed by atoms with Crippen molar-refractivity contribution < 1.29 is 18.0 Å². The van der Waals surface area contributed by atoms with Crippen molar-refractivity contribution >= 4 is 28.5 Å². The number of para-hydroxylation sites is 1. The van der Waals surface area contributed by atoms with Crippen LogP contribution in [0.5, 0.6) is 0 Å². The van der Waals surface area contributed by atoms with Crippen LogP contribution in [0.4, 0.5) is 30.2 Å². The number of nitrogens with one attached hydrogen (secondary N) is 2. The van der Waals surface area contributed by atoms with Gasteiger partial charge in [-0.05, 0) is 31.3 Å². The number of anilines is 3. The first kappa shape index (κ1) is 19.3. The van der Waals surface area contributed by atoms with Gasteiger partial charge >= 0.3 is 6.18 Å². The SMILES string of the molecule is CN1CCN(c2ccc(NC=C3C(=O)Nc4ccccc43)cc2C(F)(F)F)CC1. The van der Waals surface area contributed by atoms with Gasteiger partial charge in [-0.25, -0.2) is 0 Å². The molecule has 0 aromatic heterocycles. The summed E-state index contributed by atoms with van der Waals surface area (Å²) in [6, 6.07) is 11.4. The van der Waals surface area contributed by atoms with Crippen LogP contribution in [0, 0.1) is 0 Å². The highest BCUT2D eigenvalue weighted by molar-refractivity contribution is 6.31. The summed E-state index contributed by atoms with van der Waals surface area (Å²) in [4.78, 5) is 16.0. The number of amides is 1. The van der Waals surface area contributed by atoms with E-state index in [1.807, 2.05) is 13.1 Å². The molecule has 0 aliphatic carbocycles. The van der Waals surface area contributed by atoms with Crippen molar-refractivity contribution in [3.05, 3.63) is 59.8 Å². The number of carbonyl (C=O) groups is 1. The molecule has 2 aromatic carbocycles. The Kier molecular flexibility index (Phi) is 4.96. The lowest BCUT2D eigenvalue weighted by Gasteiger charge is -2.35. The Morgan fingerprint density at radius 3 is 2.52 bits per heavy atom. The third kappa shape index (κ3) is 3.93. The number of likely N-dealkylation sites (N-methyl/N-ethyl adjacent to an activating group) is 1. The first-order valence-electron chi connectivity index (χ1n) is 9.35. The fourth-order valence-electron chi connectivity index (χ4n) is 3.61. The summed E-state index contributed by atoms with van der Waals surface area (Å²) >= 11 is 0. The molecule has 152 valence electrons. The number of benzene rings is 2. The predicted molar refractivity (Wildman–Crippen MR) is 108 cm³/mol. The topological polar surface area (TPSA) is 47.6 Å². The molecule has 0 unspecified atom stereocenters. The zero-order valence-corrected chi connectivity index (χ0v) is 15.9. The summed E-state index contributed by atoms with van der Waals surface area (Å²) in [6.07, 6.45) is -3.02. The fourth-order valence-corrected chi connectivity index (χ4v) is 3.61. The van der Waals surface area contributed by atoms with Crippen molar-refractivity contribution in [3.8, 4) is 0 Å². The van der Waals surface area contributed by atoms with Crippen LogP contribution in [0.15, 0.2) is 48.7 Å². The second-order valence-electron chi connectivity index (χ2n) is 7.22. The van der Waals surface area contributed by atoms with Gasteiger partial charge in [-0.1, -0.05) is 18.2 Å². The molecule has 1 amide bonds. The van der Waals surface area contributed by atoms with E-state index in [4.69, 9.17) is 0 Å². The highest BCUT2D eigenvalue weighted by atomic mass is 19.4. The van der Waals surface area contributed by atoms with E-state index in [2.05, 4.69) is 15.5 Å². The second-order valence-corrected chi connectivity index (χ2v) is 7.22. The van der Waals surface area contributed by atoms with E-state index in [0.29, 0.717) is 24.4 Å². The molecule has 0 bridgehead atoms. The van der Waals surface area contributed by atoms with Crippen molar-refractivity contribution in [2.75, 3.05) is 48.8 Å². The quantitative estimate of drug-likeness (QED) is 0.766. The third-order valence-electron chi connectivity index (χ3n) is 5.24. The Labute approximate surface area is 166 Å². The number of hydrogen-bond acceptors (Lipinski definition) is 4. The van der Waals surface area contributed by atoms with Crippen LogP contribution in [-0.4, -0.2) is 44.0 Å². The van der Waals surface area contributed by atoms with Gasteiger partial charge in [-0.15, -0.1) is 0 Å². The highest BCUT2D eigenvalue weighted by Crippen LogP contribution is 2.39. The molecule has 0 saturated carbocycles. The van der Waals surface area contributed by atoms with Crippen LogP contribution in [0.1, 0.15) is 11.1 Å². The smallest absolute Gasteiger partial charge is 0.368 e. The Balaban J connectivity index is 1.61. The maximum Gasteiger partial charge on any atom is 0.418 e. The molecule has 4 rings (SSSR count). The van der Waals surface area contributed by atoms with Crippen LogP contribution >= 0.6 is 0 Å². The summed E-state index contributed by atoms with van der Waals surface area (Å²) in [7, 11) is 1.96. The van der Waals surface area contributed by atoms with E-state index in [1.54, 1.807) is 29.2 Å². The summed E-state index contributed by atoms with van der Waals surface area (Å²) in [5.74, 6) is -0.288. The molecule has 2 aliphatic heterocycles. The summed E-state index contributed by atoms with van der Waals surface area (Å²) < 4.78 is 41.1. The second kappa shape index (κ2) is 7.44. The minimum absolute atomic E-state index is 0.188. The Morgan fingerprint density at radius 2 is 1.79 bits per heavy atom. The molecule has 29 heavy (non-hydrogen) atoms. The van der Waals surface area contributed by atoms with E-state index in [9.17, 15) is 18.0 Å². The van der Waals surface area contributed by atoms with E-state index in [-0.39, 0.29) is 17.3 Å². The summed E-state index contributed by atoms with van der Waals surface area (Å²) in [5.41, 5.74) is 1.58. The van der Waals surface area contributed by atoms with Gasteiger partial charge in [-0.3, -0.25) is 4.79 Å². The third-order valence-corrected chi connectivity index (χ3v) is 5.24. The zero-order chi connectivity index (χ0) is 20.6. The fraction of sp³-hybridized carbons (Fsp3) is 0.286. The van der Waals surface area contributed by atoms with E-state index in [1.165, 1.54) is 12.3 Å². The van der Waals surface area contributed by atoms with Gasteiger partial charge in [0.05, 0.1) is 11.1 Å². The first-order chi connectivity index (χ1) is 13.8. The molecule has 5 nitrogen and oxygen atoms in total. The molecule has 1 fully saturated rings. The van der Waals surface area contributed by atoms with Crippen molar-refractivity contribution in [3.63, 3.8) is 0 Å². The van der Waals surface area contributed by atoms with Crippen LogP contribution in [0.2, 0.25) is 0 Å². The van der Waals surface area contributed by atoms with Gasteiger partial charge in [0, 0.05) is 55.0 Å². The molecule has 2 aromatic rings. The van der Waals surface area contributed by atoms with Gasteiger partial charge in [0.25, 0.3) is 5.91 Å². The number of hydrogen-bond donors (Lipinski definition) is 2. The number of fused-ring (bicyclic) bond motifs is 1. The Bertz CT molecular complexity index is 963.